The van der Waals surface area contributed by atoms with Gasteiger partial charge in [-0.3, -0.25) is 4.90 Å². The second-order valence-corrected chi connectivity index (χ2v) is 3.33. The molecule has 1 aliphatic heterocycles. The average molecular weight is 266 g/mol. The summed E-state index contributed by atoms with van der Waals surface area (Å²) in [6.07, 6.45) is -4.40. The summed E-state index contributed by atoms with van der Waals surface area (Å²) in [5.74, 6) is -0.508. The van der Waals surface area contributed by atoms with Crippen LogP contribution in [0.5, 0.6) is 0 Å². The van der Waals surface area contributed by atoms with Crippen LogP contribution in [-0.4, -0.2) is 33.3 Å². The van der Waals surface area contributed by atoms with E-state index in [0.29, 0.717) is 25.5 Å². The number of hydrogen-bond acceptors (Lipinski definition) is 3. The number of fused-ring (bicyclic) bond motifs is 1. The Hall–Kier alpha value is -1.11. The lowest BCUT2D eigenvalue weighted by atomic mass is 10.3. The number of rotatable bonds is 0. The van der Waals surface area contributed by atoms with Crippen LogP contribution < -0.4 is 0 Å². The maximum Gasteiger partial charge on any atom is 0.451 e. The zero-order valence-corrected chi connectivity index (χ0v) is 11.5. The first-order valence-corrected chi connectivity index (χ1v) is 6.16. The van der Waals surface area contributed by atoms with Crippen molar-refractivity contribution in [3.8, 4) is 0 Å². The number of hydrogen-bond donors (Lipinski definition) is 0. The summed E-state index contributed by atoms with van der Waals surface area (Å²) in [5.41, 5.74) is 0. The van der Waals surface area contributed by atoms with E-state index in [-0.39, 0.29) is 0 Å². The molecule has 0 saturated heterocycles. The Morgan fingerprint density at radius 3 is 2.06 bits per heavy atom. The molecule has 4 nitrogen and oxygen atoms in total. The average Bonchev–Trinajstić information content (AvgIpc) is 2.76. The third-order valence-electron chi connectivity index (χ3n) is 2.20. The summed E-state index contributed by atoms with van der Waals surface area (Å²) < 4.78 is 38.2. The van der Waals surface area contributed by atoms with E-state index in [4.69, 9.17) is 0 Å². The predicted octanol–water partition coefficient (Wildman–Crippen LogP) is 2.79. The van der Waals surface area contributed by atoms with Crippen LogP contribution in [0, 0.1) is 0 Å². The fourth-order valence-electron chi connectivity index (χ4n) is 1.49. The highest BCUT2D eigenvalue weighted by molar-refractivity contribution is 5.01. The molecule has 0 aliphatic carbocycles. The third-order valence-corrected chi connectivity index (χ3v) is 2.20. The van der Waals surface area contributed by atoms with E-state index in [1.165, 1.54) is 0 Å². The molecule has 7 heteroatoms. The van der Waals surface area contributed by atoms with Gasteiger partial charge in [-0.05, 0) is 7.05 Å². The van der Waals surface area contributed by atoms with Gasteiger partial charge in [-0.25, -0.2) is 0 Å². The van der Waals surface area contributed by atoms with Crippen LogP contribution in [0.2, 0.25) is 0 Å². The van der Waals surface area contributed by atoms with Crippen molar-refractivity contribution in [2.24, 2.45) is 0 Å². The van der Waals surface area contributed by atoms with Gasteiger partial charge < -0.3 is 4.57 Å². The molecule has 2 rings (SSSR count). The largest absolute Gasteiger partial charge is 0.451 e. The first-order valence-electron chi connectivity index (χ1n) is 6.16. The second-order valence-electron chi connectivity index (χ2n) is 3.33. The zero-order valence-electron chi connectivity index (χ0n) is 11.5. The van der Waals surface area contributed by atoms with Gasteiger partial charge in [-0.15, -0.1) is 10.2 Å². The fourth-order valence-corrected chi connectivity index (χ4v) is 1.49. The molecule has 0 spiro atoms. The van der Waals surface area contributed by atoms with Crippen LogP contribution in [-0.2, 0) is 19.3 Å². The molecule has 2 heterocycles. The lowest BCUT2D eigenvalue weighted by molar-refractivity contribution is -0.147. The van der Waals surface area contributed by atoms with Crippen molar-refractivity contribution in [2.45, 2.75) is 47.0 Å². The number of nitrogens with zero attached hydrogens (tertiary/aromatic N) is 4. The molecule has 0 radical (unpaired) electrons. The molecule has 106 valence electrons. The highest BCUT2D eigenvalue weighted by atomic mass is 19.4. The number of likely N-dealkylation sites (N-methyl/N-ethyl adjacent to an activating group) is 1. The van der Waals surface area contributed by atoms with Crippen molar-refractivity contribution < 1.29 is 13.2 Å². The summed E-state index contributed by atoms with van der Waals surface area (Å²) >= 11 is 0. The molecule has 18 heavy (non-hydrogen) atoms. The van der Waals surface area contributed by atoms with Crippen LogP contribution in [0.3, 0.4) is 0 Å². The van der Waals surface area contributed by atoms with Crippen LogP contribution >= 0.6 is 0 Å². The van der Waals surface area contributed by atoms with Crippen LogP contribution in [0.4, 0.5) is 13.2 Å². The summed E-state index contributed by atoms with van der Waals surface area (Å²) in [7, 11) is 1.84. The first-order chi connectivity index (χ1) is 8.48. The summed E-state index contributed by atoms with van der Waals surface area (Å²) in [6, 6.07) is 0. The zero-order chi connectivity index (χ0) is 14.3. The molecule has 1 aromatic heterocycles. The normalized spacial score (nSPS) is 14.9. The van der Waals surface area contributed by atoms with Gasteiger partial charge in [-0.2, -0.15) is 13.2 Å². The summed E-state index contributed by atoms with van der Waals surface area (Å²) in [6.45, 7) is 9.31. The van der Waals surface area contributed by atoms with Crippen molar-refractivity contribution in [3.05, 3.63) is 11.6 Å². The van der Waals surface area contributed by atoms with Crippen molar-refractivity contribution in [1.82, 2.24) is 19.7 Å². The molecule has 0 aromatic carbocycles. The molecular weight excluding hydrogens is 245 g/mol. The van der Waals surface area contributed by atoms with Gasteiger partial charge in [0.25, 0.3) is 0 Å². The topological polar surface area (TPSA) is 34.0 Å². The molecule has 1 aliphatic rings. The first kappa shape index (κ1) is 16.9. The van der Waals surface area contributed by atoms with Gasteiger partial charge in [0.15, 0.2) is 0 Å². The van der Waals surface area contributed by atoms with E-state index in [1.54, 1.807) is 0 Å². The van der Waals surface area contributed by atoms with Crippen molar-refractivity contribution in [2.75, 3.05) is 13.6 Å². The Labute approximate surface area is 106 Å². The molecule has 0 N–H and O–H groups in total. The quantitative estimate of drug-likeness (QED) is 0.724. The Morgan fingerprint density at radius 1 is 1.00 bits per heavy atom. The number of alkyl halides is 3. The second kappa shape index (κ2) is 7.35. The van der Waals surface area contributed by atoms with E-state index in [9.17, 15) is 13.2 Å². The van der Waals surface area contributed by atoms with Gasteiger partial charge in [0.05, 0.1) is 6.54 Å². The van der Waals surface area contributed by atoms with E-state index >= 15 is 0 Å². The van der Waals surface area contributed by atoms with Crippen molar-refractivity contribution in [1.29, 1.82) is 0 Å². The molecule has 0 bridgehead atoms. The van der Waals surface area contributed by atoms with Crippen LogP contribution in [0.15, 0.2) is 0 Å². The van der Waals surface area contributed by atoms with E-state index in [1.807, 2.05) is 39.6 Å². The Morgan fingerprint density at radius 2 is 1.56 bits per heavy atom. The maximum atomic E-state index is 12.4. The third kappa shape index (κ3) is 3.97. The van der Waals surface area contributed by atoms with E-state index in [0.717, 1.165) is 4.57 Å². The lowest BCUT2D eigenvalue weighted by Crippen LogP contribution is -2.32. The minimum absolute atomic E-state index is 0.299. The number of halogens is 3. The van der Waals surface area contributed by atoms with E-state index < -0.39 is 12.0 Å². The van der Waals surface area contributed by atoms with E-state index in [2.05, 4.69) is 10.2 Å². The predicted molar refractivity (Wildman–Crippen MR) is 64.1 cm³/mol. The highest BCUT2D eigenvalue weighted by Crippen LogP contribution is 2.29. The molecule has 1 aromatic rings. The van der Waals surface area contributed by atoms with Crippen molar-refractivity contribution >= 4 is 0 Å². The maximum absolute atomic E-state index is 12.4. The Kier molecular flexibility index (Phi) is 6.90. The number of aromatic nitrogens is 3. The minimum Gasteiger partial charge on any atom is -0.305 e. The molecule has 0 unspecified atom stereocenters. The van der Waals surface area contributed by atoms with Gasteiger partial charge in [-0.1, -0.05) is 27.7 Å². The van der Waals surface area contributed by atoms with Gasteiger partial charge in [0.2, 0.25) is 5.82 Å². The molecule has 0 fully saturated rings. The highest BCUT2D eigenvalue weighted by Gasteiger charge is 2.39. The Bertz CT molecular complexity index is 347. The molecule has 0 saturated carbocycles. The monoisotopic (exact) mass is 266 g/mol. The minimum atomic E-state index is -4.40. The molecule has 0 atom stereocenters. The molecular formula is C11H21F3N4. The van der Waals surface area contributed by atoms with Crippen molar-refractivity contribution in [3.63, 3.8) is 0 Å². The SMILES string of the molecule is CC.CC.CN1CCn2c(nnc2C(F)(F)F)C1. The van der Waals surface area contributed by atoms with Crippen LogP contribution in [0.25, 0.3) is 0 Å². The lowest BCUT2D eigenvalue weighted by Gasteiger charge is -2.23. The standard InChI is InChI=1S/C7H9F3N4.2C2H6/c1-13-2-3-14-5(4-13)11-12-6(14)7(8,9)10;2*1-2/h2-4H2,1H3;2*1-2H3. The van der Waals surface area contributed by atoms with Gasteiger partial charge in [0, 0.05) is 13.1 Å². The van der Waals surface area contributed by atoms with Gasteiger partial charge in [0.1, 0.15) is 5.82 Å². The molecule has 0 amide bonds. The fraction of sp³-hybridized carbons (Fsp3) is 0.818. The smallest absolute Gasteiger partial charge is 0.305 e. The summed E-state index contributed by atoms with van der Waals surface area (Å²) in [5, 5.41) is 6.69. The summed E-state index contributed by atoms with van der Waals surface area (Å²) in [4.78, 5) is 1.91. The Balaban J connectivity index is 0.000000659. The van der Waals surface area contributed by atoms with Crippen LogP contribution in [0.1, 0.15) is 39.3 Å². The van der Waals surface area contributed by atoms with Gasteiger partial charge >= 0.3 is 6.18 Å².